The third-order valence-corrected chi connectivity index (χ3v) is 4.85. The van der Waals surface area contributed by atoms with Gasteiger partial charge in [-0.25, -0.2) is 4.98 Å². The van der Waals surface area contributed by atoms with E-state index in [-0.39, 0.29) is 5.91 Å². The minimum Gasteiger partial charge on any atom is -0.486 e. The SMILES string of the molecule is O=C(Nc1cccc(-c2ccc3c(c2)OCCO3)n1)c1n[nH]c2c1CNCC2. The maximum Gasteiger partial charge on any atom is 0.277 e. The molecule has 8 heteroatoms. The Morgan fingerprint density at radius 3 is 2.93 bits per heavy atom. The summed E-state index contributed by atoms with van der Waals surface area (Å²) in [6.45, 7) is 2.61. The van der Waals surface area contributed by atoms with Crippen LogP contribution in [0.4, 0.5) is 5.82 Å². The number of ether oxygens (including phenoxy) is 2. The molecule has 1 amide bonds. The van der Waals surface area contributed by atoms with E-state index >= 15 is 0 Å². The van der Waals surface area contributed by atoms with E-state index in [1.54, 1.807) is 6.07 Å². The number of amides is 1. The molecular weight excluding hydrogens is 358 g/mol. The fourth-order valence-corrected chi connectivity index (χ4v) is 3.46. The highest BCUT2D eigenvalue weighted by atomic mass is 16.6. The number of carbonyl (C=O) groups excluding carboxylic acids is 1. The molecular formula is C20H19N5O3. The van der Waals surface area contributed by atoms with Crippen LogP contribution in [0.2, 0.25) is 0 Å². The first-order valence-corrected chi connectivity index (χ1v) is 9.23. The topological polar surface area (TPSA) is 101 Å². The van der Waals surface area contributed by atoms with Crippen molar-refractivity contribution in [3.05, 3.63) is 53.3 Å². The van der Waals surface area contributed by atoms with Crippen LogP contribution >= 0.6 is 0 Å². The van der Waals surface area contributed by atoms with Crippen LogP contribution in [0.1, 0.15) is 21.7 Å². The first-order valence-electron chi connectivity index (χ1n) is 9.23. The Morgan fingerprint density at radius 1 is 1.11 bits per heavy atom. The molecule has 8 nitrogen and oxygen atoms in total. The average molecular weight is 377 g/mol. The molecule has 0 atom stereocenters. The van der Waals surface area contributed by atoms with E-state index in [0.717, 1.165) is 41.2 Å². The number of carbonyl (C=O) groups is 1. The molecule has 3 N–H and O–H groups in total. The Hall–Kier alpha value is -3.39. The normalized spacial score (nSPS) is 15.0. The van der Waals surface area contributed by atoms with Crippen molar-refractivity contribution in [2.45, 2.75) is 13.0 Å². The van der Waals surface area contributed by atoms with Crippen molar-refractivity contribution in [2.24, 2.45) is 0 Å². The predicted octanol–water partition coefficient (Wildman–Crippen LogP) is 2.14. The van der Waals surface area contributed by atoms with Crippen LogP contribution in [-0.2, 0) is 13.0 Å². The van der Waals surface area contributed by atoms with Gasteiger partial charge in [0, 0.05) is 36.3 Å². The van der Waals surface area contributed by atoms with E-state index in [4.69, 9.17) is 9.47 Å². The molecule has 0 saturated carbocycles. The van der Waals surface area contributed by atoms with E-state index < -0.39 is 0 Å². The summed E-state index contributed by atoms with van der Waals surface area (Å²) in [5, 5.41) is 13.3. The lowest BCUT2D eigenvalue weighted by Gasteiger charge is -2.18. The van der Waals surface area contributed by atoms with Crippen molar-refractivity contribution in [3.63, 3.8) is 0 Å². The van der Waals surface area contributed by atoms with Crippen molar-refractivity contribution in [2.75, 3.05) is 25.1 Å². The minimum absolute atomic E-state index is 0.270. The molecule has 0 unspecified atom stereocenters. The standard InChI is InChI=1S/C20H19N5O3/c26-20(19-13-11-21-7-6-15(13)24-25-19)23-18-3-1-2-14(22-18)12-4-5-16-17(10-12)28-9-8-27-16/h1-5,10,21H,6-9,11H2,(H,24,25)(H,22,23,26). The zero-order chi connectivity index (χ0) is 18.9. The molecule has 0 fully saturated rings. The Labute approximate surface area is 161 Å². The maximum absolute atomic E-state index is 12.7. The van der Waals surface area contributed by atoms with E-state index in [9.17, 15) is 4.79 Å². The number of aromatic nitrogens is 3. The third-order valence-electron chi connectivity index (χ3n) is 4.85. The summed E-state index contributed by atoms with van der Waals surface area (Å²) in [5.74, 6) is 1.64. The molecule has 2 aliphatic heterocycles. The molecule has 0 radical (unpaired) electrons. The summed E-state index contributed by atoms with van der Waals surface area (Å²) in [6, 6.07) is 11.2. The van der Waals surface area contributed by atoms with Crippen molar-refractivity contribution in [1.82, 2.24) is 20.5 Å². The van der Waals surface area contributed by atoms with Gasteiger partial charge in [0.15, 0.2) is 17.2 Å². The number of benzene rings is 1. The second-order valence-electron chi connectivity index (χ2n) is 6.68. The highest BCUT2D eigenvalue weighted by Gasteiger charge is 2.22. The molecule has 28 heavy (non-hydrogen) atoms. The number of fused-ring (bicyclic) bond motifs is 2. The van der Waals surface area contributed by atoms with E-state index in [2.05, 4.69) is 25.8 Å². The van der Waals surface area contributed by atoms with Crippen LogP contribution in [0.3, 0.4) is 0 Å². The number of nitrogens with zero attached hydrogens (tertiary/aromatic N) is 2. The summed E-state index contributed by atoms with van der Waals surface area (Å²) in [6.07, 6.45) is 0.841. The molecule has 2 aromatic heterocycles. The first kappa shape index (κ1) is 16.8. The van der Waals surface area contributed by atoms with E-state index in [0.29, 0.717) is 37.0 Å². The smallest absolute Gasteiger partial charge is 0.277 e. The number of H-pyrrole nitrogens is 1. The largest absolute Gasteiger partial charge is 0.486 e. The van der Waals surface area contributed by atoms with Gasteiger partial charge in [0.25, 0.3) is 5.91 Å². The maximum atomic E-state index is 12.7. The molecule has 142 valence electrons. The monoisotopic (exact) mass is 377 g/mol. The fraction of sp³-hybridized carbons (Fsp3) is 0.250. The number of hydrogen-bond acceptors (Lipinski definition) is 6. The molecule has 2 aliphatic rings. The number of rotatable bonds is 3. The Morgan fingerprint density at radius 2 is 2.00 bits per heavy atom. The fourth-order valence-electron chi connectivity index (χ4n) is 3.46. The molecule has 0 aliphatic carbocycles. The Kier molecular flexibility index (Phi) is 4.17. The summed E-state index contributed by atoms with van der Waals surface area (Å²) < 4.78 is 11.2. The van der Waals surface area contributed by atoms with Crippen molar-refractivity contribution >= 4 is 11.7 Å². The quantitative estimate of drug-likeness (QED) is 0.647. The number of pyridine rings is 1. The number of anilines is 1. The van der Waals surface area contributed by atoms with E-state index in [1.165, 1.54) is 0 Å². The van der Waals surface area contributed by atoms with Crippen LogP contribution < -0.4 is 20.1 Å². The summed E-state index contributed by atoms with van der Waals surface area (Å²) in [4.78, 5) is 17.3. The predicted molar refractivity (Wildman–Crippen MR) is 103 cm³/mol. The molecule has 4 heterocycles. The van der Waals surface area contributed by atoms with Gasteiger partial charge in [0.2, 0.25) is 0 Å². The van der Waals surface area contributed by atoms with Gasteiger partial charge in [-0.2, -0.15) is 5.10 Å². The van der Waals surface area contributed by atoms with Crippen LogP contribution in [0.5, 0.6) is 11.5 Å². The first-order chi connectivity index (χ1) is 13.8. The summed E-state index contributed by atoms with van der Waals surface area (Å²) in [7, 11) is 0. The van der Waals surface area contributed by atoms with Gasteiger partial charge in [0.05, 0.1) is 5.69 Å². The molecule has 5 rings (SSSR count). The lowest BCUT2D eigenvalue weighted by Crippen LogP contribution is -2.25. The second-order valence-corrected chi connectivity index (χ2v) is 6.68. The highest BCUT2D eigenvalue weighted by molar-refractivity contribution is 6.03. The van der Waals surface area contributed by atoms with Gasteiger partial charge >= 0.3 is 0 Å². The van der Waals surface area contributed by atoms with Gasteiger partial charge in [-0.3, -0.25) is 9.89 Å². The van der Waals surface area contributed by atoms with Gasteiger partial charge in [-0.05, 0) is 30.3 Å². The highest BCUT2D eigenvalue weighted by Crippen LogP contribution is 2.34. The van der Waals surface area contributed by atoms with Gasteiger partial charge < -0.3 is 20.1 Å². The van der Waals surface area contributed by atoms with Gasteiger partial charge in [-0.1, -0.05) is 6.07 Å². The van der Waals surface area contributed by atoms with Crippen molar-refractivity contribution < 1.29 is 14.3 Å². The average Bonchev–Trinajstić information content (AvgIpc) is 3.18. The number of aromatic amines is 1. The lowest BCUT2D eigenvalue weighted by molar-refractivity contribution is 0.102. The zero-order valence-corrected chi connectivity index (χ0v) is 15.1. The Balaban J connectivity index is 1.39. The Bertz CT molecular complexity index is 1050. The van der Waals surface area contributed by atoms with Gasteiger partial charge in [0.1, 0.15) is 19.0 Å². The van der Waals surface area contributed by atoms with Crippen molar-refractivity contribution in [1.29, 1.82) is 0 Å². The third kappa shape index (κ3) is 3.07. The molecule has 0 bridgehead atoms. The van der Waals surface area contributed by atoms with Gasteiger partial charge in [-0.15, -0.1) is 0 Å². The number of nitrogens with one attached hydrogen (secondary N) is 3. The molecule has 1 aromatic carbocycles. The van der Waals surface area contributed by atoms with E-state index in [1.807, 2.05) is 30.3 Å². The second kappa shape index (κ2) is 6.97. The molecule has 3 aromatic rings. The zero-order valence-electron chi connectivity index (χ0n) is 15.1. The summed E-state index contributed by atoms with van der Waals surface area (Å²) in [5.41, 5.74) is 3.98. The van der Waals surface area contributed by atoms with Crippen LogP contribution in [0.25, 0.3) is 11.3 Å². The summed E-state index contributed by atoms with van der Waals surface area (Å²) >= 11 is 0. The lowest BCUT2D eigenvalue weighted by atomic mass is 10.1. The van der Waals surface area contributed by atoms with Crippen LogP contribution in [0.15, 0.2) is 36.4 Å². The van der Waals surface area contributed by atoms with Crippen molar-refractivity contribution in [3.8, 4) is 22.8 Å². The number of hydrogen-bond donors (Lipinski definition) is 3. The molecule has 0 saturated heterocycles. The van der Waals surface area contributed by atoms with Crippen LogP contribution in [0, 0.1) is 0 Å². The van der Waals surface area contributed by atoms with Crippen LogP contribution in [-0.4, -0.2) is 40.8 Å². The molecule has 0 spiro atoms. The minimum atomic E-state index is -0.270.